The minimum absolute atomic E-state index is 0.00730. The second-order valence-corrected chi connectivity index (χ2v) is 8.61. The molecule has 1 saturated heterocycles. The van der Waals surface area contributed by atoms with Gasteiger partial charge in [0.15, 0.2) is 0 Å². The molecule has 0 aliphatic carbocycles. The van der Waals surface area contributed by atoms with E-state index >= 15 is 0 Å². The molecule has 4 aromatic rings. The average Bonchev–Trinajstić information content (AvgIpc) is 3.15. The second-order valence-electron chi connectivity index (χ2n) is 8.17. The van der Waals surface area contributed by atoms with Gasteiger partial charge in [-0.3, -0.25) is 14.1 Å². The standard InChI is InChI=1S/C26H25ClN4O/c1-19-24(31-18-22(27)12-13-23(31)28-19)26(32)30-16-14-29(15-17-30)25(20-8-4-2-5-9-20)21-10-6-3-7-11-21/h2-13,18,25H,14-17H2,1H3. The van der Waals surface area contributed by atoms with Gasteiger partial charge < -0.3 is 4.90 Å². The molecule has 1 aliphatic rings. The Bertz CT molecular complexity index is 1190. The third kappa shape index (κ3) is 3.90. The minimum atomic E-state index is 0.00730. The van der Waals surface area contributed by atoms with E-state index in [0.717, 1.165) is 24.4 Å². The zero-order valence-corrected chi connectivity index (χ0v) is 18.7. The molecule has 0 bridgehead atoms. The number of aromatic nitrogens is 2. The number of fused-ring (bicyclic) bond motifs is 1. The van der Waals surface area contributed by atoms with Crippen LogP contribution in [0.3, 0.4) is 0 Å². The van der Waals surface area contributed by atoms with Crippen LogP contribution in [0.1, 0.15) is 33.4 Å². The molecule has 2 aromatic heterocycles. The Labute approximate surface area is 192 Å². The van der Waals surface area contributed by atoms with E-state index in [9.17, 15) is 4.79 Å². The number of aryl methyl sites for hydroxylation is 1. The number of carbonyl (C=O) groups excluding carboxylic acids is 1. The van der Waals surface area contributed by atoms with E-state index in [4.69, 9.17) is 11.6 Å². The van der Waals surface area contributed by atoms with Crippen molar-refractivity contribution in [3.05, 3.63) is 107 Å². The van der Waals surface area contributed by atoms with E-state index in [2.05, 4.69) is 58.4 Å². The lowest BCUT2D eigenvalue weighted by Crippen LogP contribution is -2.50. The molecule has 6 heteroatoms. The van der Waals surface area contributed by atoms with Crippen molar-refractivity contribution in [3.8, 4) is 0 Å². The molecule has 5 nitrogen and oxygen atoms in total. The first-order chi connectivity index (χ1) is 15.6. The molecule has 0 spiro atoms. The van der Waals surface area contributed by atoms with E-state index in [-0.39, 0.29) is 11.9 Å². The normalized spacial score (nSPS) is 14.9. The summed E-state index contributed by atoms with van der Waals surface area (Å²) < 4.78 is 1.81. The maximum atomic E-state index is 13.4. The Morgan fingerprint density at radius 3 is 2.06 bits per heavy atom. The molecule has 1 amide bonds. The smallest absolute Gasteiger partial charge is 0.272 e. The van der Waals surface area contributed by atoms with Crippen molar-refractivity contribution in [2.24, 2.45) is 0 Å². The van der Waals surface area contributed by atoms with Gasteiger partial charge in [-0.2, -0.15) is 0 Å². The predicted molar refractivity (Wildman–Crippen MR) is 127 cm³/mol. The van der Waals surface area contributed by atoms with Crippen LogP contribution in [0.2, 0.25) is 5.02 Å². The van der Waals surface area contributed by atoms with Crippen molar-refractivity contribution in [1.29, 1.82) is 0 Å². The van der Waals surface area contributed by atoms with E-state index in [1.165, 1.54) is 11.1 Å². The Kier molecular flexibility index (Phi) is 5.68. The summed E-state index contributed by atoms with van der Waals surface area (Å²) in [5.41, 5.74) is 4.60. The fraction of sp³-hybridized carbons (Fsp3) is 0.231. The van der Waals surface area contributed by atoms with Crippen molar-refractivity contribution >= 4 is 23.2 Å². The lowest BCUT2D eigenvalue weighted by Gasteiger charge is -2.39. The summed E-state index contributed by atoms with van der Waals surface area (Å²) in [4.78, 5) is 22.4. The van der Waals surface area contributed by atoms with Crippen molar-refractivity contribution in [2.45, 2.75) is 13.0 Å². The average molecular weight is 445 g/mol. The van der Waals surface area contributed by atoms with Gasteiger partial charge in [-0.05, 0) is 30.2 Å². The van der Waals surface area contributed by atoms with Gasteiger partial charge in [0.05, 0.1) is 16.8 Å². The monoisotopic (exact) mass is 444 g/mol. The molecule has 32 heavy (non-hydrogen) atoms. The van der Waals surface area contributed by atoms with Crippen LogP contribution in [0.4, 0.5) is 0 Å². The third-order valence-electron chi connectivity index (χ3n) is 6.16. The molecular formula is C26H25ClN4O. The number of carbonyl (C=O) groups is 1. The number of rotatable bonds is 4. The Morgan fingerprint density at radius 2 is 1.47 bits per heavy atom. The van der Waals surface area contributed by atoms with Gasteiger partial charge >= 0.3 is 0 Å². The van der Waals surface area contributed by atoms with Crippen molar-refractivity contribution in [2.75, 3.05) is 26.2 Å². The fourth-order valence-corrected chi connectivity index (χ4v) is 4.77. The first-order valence-electron chi connectivity index (χ1n) is 10.9. The van der Waals surface area contributed by atoms with Crippen LogP contribution in [0.25, 0.3) is 5.65 Å². The molecule has 1 aliphatic heterocycles. The number of pyridine rings is 1. The maximum absolute atomic E-state index is 13.4. The molecule has 0 N–H and O–H groups in total. The first kappa shape index (κ1) is 20.7. The van der Waals surface area contributed by atoms with Crippen LogP contribution < -0.4 is 0 Å². The summed E-state index contributed by atoms with van der Waals surface area (Å²) in [6, 6.07) is 25.0. The molecule has 2 aromatic carbocycles. The Balaban J connectivity index is 1.38. The predicted octanol–water partition coefficient (Wildman–Crippen LogP) is 4.84. The molecule has 0 unspecified atom stereocenters. The van der Waals surface area contributed by atoms with E-state index < -0.39 is 0 Å². The molecule has 0 radical (unpaired) electrons. The molecule has 162 valence electrons. The van der Waals surface area contributed by atoms with Crippen LogP contribution in [-0.4, -0.2) is 51.3 Å². The number of nitrogens with zero attached hydrogens (tertiary/aromatic N) is 4. The van der Waals surface area contributed by atoms with Gasteiger partial charge in [0.1, 0.15) is 11.3 Å². The summed E-state index contributed by atoms with van der Waals surface area (Å²) in [7, 11) is 0. The van der Waals surface area contributed by atoms with Crippen molar-refractivity contribution < 1.29 is 4.79 Å². The van der Waals surface area contributed by atoms with E-state index in [1.807, 2.05) is 34.4 Å². The van der Waals surface area contributed by atoms with Gasteiger partial charge in [-0.25, -0.2) is 4.98 Å². The number of piperazine rings is 1. The molecular weight excluding hydrogens is 420 g/mol. The highest BCUT2D eigenvalue weighted by molar-refractivity contribution is 6.30. The lowest BCUT2D eigenvalue weighted by molar-refractivity contribution is 0.0590. The number of amides is 1. The molecule has 0 atom stereocenters. The van der Waals surface area contributed by atoms with Crippen LogP contribution in [-0.2, 0) is 0 Å². The summed E-state index contributed by atoms with van der Waals surface area (Å²) in [6.07, 6.45) is 1.77. The van der Waals surface area contributed by atoms with Gasteiger partial charge in [0.25, 0.3) is 5.91 Å². The fourth-order valence-electron chi connectivity index (χ4n) is 4.61. The Morgan fingerprint density at radius 1 is 0.875 bits per heavy atom. The summed E-state index contributed by atoms with van der Waals surface area (Å²) in [5, 5.41) is 0.585. The highest BCUT2D eigenvalue weighted by atomic mass is 35.5. The van der Waals surface area contributed by atoms with Crippen molar-refractivity contribution in [1.82, 2.24) is 19.2 Å². The van der Waals surface area contributed by atoms with Crippen LogP contribution >= 0.6 is 11.6 Å². The topological polar surface area (TPSA) is 40.9 Å². The lowest BCUT2D eigenvalue weighted by atomic mass is 9.96. The third-order valence-corrected chi connectivity index (χ3v) is 6.38. The zero-order chi connectivity index (χ0) is 22.1. The quantitative estimate of drug-likeness (QED) is 0.452. The Hall–Kier alpha value is -3.15. The zero-order valence-electron chi connectivity index (χ0n) is 18.0. The molecule has 0 saturated carbocycles. The number of imidazole rings is 1. The van der Waals surface area contributed by atoms with E-state index in [0.29, 0.717) is 23.8 Å². The minimum Gasteiger partial charge on any atom is -0.335 e. The number of halogens is 1. The maximum Gasteiger partial charge on any atom is 0.272 e. The van der Waals surface area contributed by atoms with E-state index in [1.54, 1.807) is 12.3 Å². The molecule has 3 heterocycles. The summed E-state index contributed by atoms with van der Waals surface area (Å²) in [5.74, 6) is 0.00730. The van der Waals surface area contributed by atoms with Gasteiger partial charge in [0.2, 0.25) is 0 Å². The number of hydrogen-bond donors (Lipinski definition) is 0. The first-order valence-corrected chi connectivity index (χ1v) is 11.3. The SMILES string of the molecule is Cc1nc2ccc(Cl)cn2c1C(=O)N1CCN(C(c2ccccc2)c2ccccc2)CC1. The summed E-state index contributed by atoms with van der Waals surface area (Å²) in [6.45, 7) is 4.82. The number of hydrogen-bond acceptors (Lipinski definition) is 3. The molecule has 5 rings (SSSR count). The molecule has 1 fully saturated rings. The van der Waals surface area contributed by atoms with Crippen molar-refractivity contribution in [3.63, 3.8) is 0 Å². The van der Waals surface area contributed by atoms with Crippen LogP contribution in [0, 0.1) is 6.92 Å². The summed E-state index contributed by atoms with van der Waals surface area (Å²) >= 11 is 6.18. The van der Waals surface area contributed by atoms with Crippen LogP contribution in [0.15, 0.2) is 79.0 Å². The van der Waals surface area contributed by atoms with Gasteiger partial charge in [-0.15, -0.1) is 0 Å². The highest BCUT2D eigenvalue weighted by Crippen LogP contribution is 2.30. The van der Waals surface area contributed by atoms with Gasteiger partial charge in [-0.1, -0.05) is 72.3 Å². The number of benzene rings is 2. The largest absolute Gasteiger partial charge is 0.335 e. The second kappa shape index (κ2) is 8.77. The highest BCUT2D eigenvalue weighted by Gasteiger charge is 2.30. The van der Waals surface area contributed by atoms with Crippen LogP contribution in [0.5, 0.6) is 0 Å². The van der Waals surface area contributed by atoms with Gasteiger partial charge in [0, 0.05) is 32.4 Å².